The highest BCUT2D eigenvalue weighted by molar-refractivity contribution is 6.35. The molecule has 0 spiro atoms. The summed E-state index contributed by atoms with van der Waals surface area (Å²) < 4.78 is 10.2. The third kappa shape index (κ3) is 5.09. The summed E-state index contributed by atoms with van der Waals surface area (Å²) in [5.74, 6) is -2.34. The molecule has 10 heteroatoms. The van der Waals surface area contributed by atoms with Gasteiger partial charge in [0, 0.05) is 25.3 Å². The monoisotopic (exact) mass is 478 g/mol. The molecule has 0 aliphatic carbocycles. The van der Waals surface area contributed by atoms with Gasteiger partial charge in [-0.2, -0.15) is 0 Å². The Bertz CT molecular complexity index is 1090. The average Bonchev–Trinajstić information content (AvgIpc) is 3.00. The number of esters is 1. The first-order chi connectivity index (χ1) is 15.2. The first-order valence-electron chi connectivity index (χ1n) is 9.69. The van der Waals surface area contributed by atoms with Gasteiger partial charge in [-0.15, -0.1) is 0 Å². The van der Waals surface area contributed by atoms with Gasteiger partial charge >= 0.3 is 5.97 Å². The van der Waals surface area contributed by atoms with Crippen molar-refractivity contribution in [1.82, 2.24) is 4.90 Å². The largest absolute Gasteiger partial charge is 0.449 e. The van der Waals surface area contributed by atoms with Crippen LogP contribution in [0.25, 0.3) is 0 Å². The Balaban J connectivity index is 1.67. The van der Waals surface area contributed by atoms with Gasteiger partial charge in [-0.05, 0) is 49.7 Å². The van der Waals surface area contributed by atoms with E-state index in [1.807, 2.05) is 0 Å². The minimum atomic E-state index is -1.16. The van der Waals surface area contributed by atoms with Gasteiger partial charge in [0.1, 0.15) is 0 Å². The number of halogens is 2. The molecule has 1 N–H and O–H groups in total. The van der Waals surface area contributed by atoms with E-state index in [1.165, 1.54) is 44.4 Å². The van der Waals surface area contributed by atoms with E-state index >= 15 is 0 Å². The number of hydrogen-bond acceptors (Lipinski definition) is 6. The van der Waals surface area contributed by atoms with E-state index in [1.54, 1.807) is 6.07 Å². The fourth-order valence-electron chi connectivity index (χ4n) is 3.10. The molecule has 2 aromatic rings. The van der Waals surface area contributed by atoms with Crippen molar-refractivity contribution in [2.24, 2.45) is 0 Å². The molecule has 3 rings (SSSR count). The number of amides is 3. The Morgan fingerprint density at radius 1 is 1.06 bits per heavy atom. The number of anilines is 1. The number of carbonyl (C=O) groups excluding carboxylic acids is 4. The number of fused-ring (bicyclic) bond motifs is 1. The zero-order valence-electron chi connectivity index (χ0n) is 17.3. The molecule has 1 aliphatic heterocycles. The zero-order valence-corrected chi connectivity index (χ0v) is 18.8. The van der Waals surface area contributed by atoms with E-state index in [0.29, 0.717) is 18.1 Å². The molecular weight excluding hydrogens is 459 g/mol. The summed E-state index contributed by atoms with van der Waals surface area (Å²) in [7, 11) is 1.53. The van der Waals surface area contributed by atoms with Crippen molar-refractivity contribution >= 4 is 52.6 Å². The number of ether oxygens (including phenoxy) is 2. The maximum Gasteiger partial charge on any atom is 0.338 e. The summed E-state index contributed by atoms with van der Waals surface area (Å²) in [6.07, 6.45) is -0.658. The molecule has 0 saturated carbocycles. The van der Waals surface area contributed by atoms with Crippen molar-refractivity contribution in [3.8, 4) is 0 Å². The fourth-order valence-corrected chi connectivity index (χ4v) is 3.43. The van der Waals surface area contributed by atoms with Gasteiger partial charge in [0.15, 0.2) is 6.10 Å². The van der Waals surface area contributed by atoms with Crippen molar-refractivity contribution in [2.45, 2.75) is 19.4 Å². The Kier molecular flexibility index (Phi) is 7.50. The average molecular weight is 479 g/mol. The van der Waals surface area contributed by atoms with E-state index < -0.39 is 29.8 Å². The molecule has 0 saturated heterocycles. The lowest BCUT2D eigenvalue weighted by Crippen LogP contribution is -2.31. The van der Waals surface area contributed by atoms with Crippen LogP contribution in [-0.2, 0) is 14.3 Å². The molecule has 2 aromatic carbocycles. The summed E-state index contributed by atoms with van der Waals surface area (Å²) >= 11 is 11.9. The highest BCUT2D eigenvalue weighted by Crippen LogP contribution is 2.26. The van der Waals surface area contributed by atoms with Gasteiger partial charge in [-0.1, -0.05) is 23.2 Å². The number of benzene rings is 2. The molecule has 0 aromatic heterocycles. The molecule has 32 heavy (non-hydrogen) atoms. The summed E-state index contributed by atoms with van der Waals surface area (Å²) in [4.78, 5) is 51.1. The summed E-state index contributed by atoms with van der Waals surface area (Å²) in [5.41, 5.74) is 0.654. The number of nitrogens with zero attached hydrogens (tertiary/aromatic N) is 1. The third-order valence-corrected chi connectivity index (χ3v) is 5.34. The van der Waals surface area contributed by atoms with Crippen LogP contribution in [0.5, 0.6) is 0 Å². The molecule has 1 heterocycles. The van der Waals surface area contributed by atoms with Gasteiger partial charge < -0.3 is 14.8 Å². The number of rotatable bonds is 8. The van der Waals surface area contributed by atoms with Gasteiger partial charge in [0.05, 0.1) is 27.4 Å². The lowest BCUT2D eigenvalue weighted by Gasteiger charge is -2.14. The molecule has 1 aliphatic rings. The van der Waals surface area contributed by atoms with E-state index in [-0.39, 0.29) is 33.9 Å². The minimum absolute atomic E-state index is 0.0454. The predicted octanol–water partition coefficient (Wildman–Crippen LogP) is 3.81. The Morgan fingerprint density at radius 3 is 2.50 bits per heavy atom. The maximum atomic E-state index is 12.6. The number of nitrogens with one attached hydrogen (secondary N) is 1. The van der Waals surface area contributed by atoms with Crippen LogP contribution in [0.2, 0.25) is 10.0 Å². The molecular formula is C22H20Cl2N2O6. The van der Waals surface area contributed by atoms with Crippen LogP contribution in [0.4, 0.5) is 5.69 Å². The van der Waals surface area contributed by atoms with Crippen LogP contribution in [0.1, 0.15) is 44.4 Å². The van der Waals surface area contributed by atoms with Gasteiger partial charge in [-0.3, -0.25) is 19.3 Å². The van der Waals surface area contributed by atoms with Crippen LogP contribution in [0, 0.1) is 0 Å². The second kappa shape index (κ2) is 10.1. The van der Waals surface area contributed by atoms with Crippen molar-refractivity contribution in [1.29, 1.82) is 0 Å². The molecule has 1 atom stereocenters. The van der Waals surface area contributed by atoms with Gasteiger partial charge in [0.25, 0.3) is 17.7 Å². The van der Waals surface area contributed by atoms with Crippen LogP contribution in [0.15, 0.2) is 36.4 Å². The van der Waals surface area contributed by atoms with Crippen molar-refractivity contribution in [3.63, 3.8) is 0 Å². The molecule has 0 unspecified atom stereocenters. The number of imide groups is 1. The molecule has 0 bridgehead atoms. The minimum Gasteiger partial charge on any atom is -0.449 e. The summed E-state index contributed by atoms with van der Waals surface area (Å²) in [6.45, 7) is 2.01. The number of methoxy groups -OCH3 is 1. The van der Waals surface area contributed by atoms with Crippen LogP contribution in [-0.4, -0.2) is 55.0 Å². The number of carbonyl (C=O) groups is 4. The van der Waals surface area contributed by atoms with Gasteiger partial charge in [0.2, 0.25) is 0 Å². The standard InChI is InChI=1S/C22H20Cl2N2O6/c1-12(19(27)25-18-11-14(23)5-7-17(18)24)32-22(30)13-4-6-15-16(10-13)21(29)26(20(15)28)8-3-9-31-2/h4-7,10-12H,3,8-9H2,1-2H3,(H,25,27)/t12-/m0/s1. The molecule has 0 radical (unpaired) electrons. The lowest BCUT2D eigenvalue weighted by molar-refractivity contribution is -0.123. The zero-order chi connectivity index (χ0) is 23.4. The smallest absolute Gasteiger partial charge is 0.338 e. The van der Waals surface area contributed by atoms with Crippen LogP contribution < -0.4 is 5.32 Å². The molecule has 168 valence electrons. The van der Waals surface area contributed by atoms with E-state index in [0.717, 1.165) is 4.90 Å². The number of hydrogen-bond donors (Lipinski definition) is 1. The van der Waals surface area contributed by atoms with E-state index in [4.69, 9.17) is 32.7 Å². The first-order valence-corrected chi connectivity index (χ1v) is 10.4. The molecule has 8 nitrogen and oxygen atoms in total. The Labute approximate surface area is 194 Å². The summed E-state index contributed by atoms with van der Waals surface area (Å²) in [6, 6.07) is 8.64. The normalized spacial score (nSPS) is 13.7. The van der Waals surface area contributed by atoms with Gasteiger partial charge in [-0.25, -0.2) is 4.79 Å². The van der Waals surface area contributed by atoms with Crippen LogP contribution >= 0.6 is 23.2 Å². The van der Waals surface area contributed by atoms with E-state index in [9.17, 15) is 19.2 Å². The lowest BCUT2D eigenvalue weighted by atomic mass is 10.1. The second-order valence-electron chi connectivity index (χ2n) is 7.03. The highest BCUT2D eigenvalue weighted by Gasteiger charge is 2.36. The highest BCUT2D eigenvalue weighted by atomic mass is 35.5. The van der Waals surface area contributed by atoms with Crippen molar-refractivity contribution in [2.75, 3.05) is 25.6 Å². The third-order valence-electron chi connectivity index (χ3n) is 4.78. The maximum absolute atomic E-state index is 12.6. The Morgan fingerprint density at radius 2 is 1.78 bits per heavy atom. The van der Waals surface area contributed by atoms with Crippen LogP contribution in [0.3, 0.4) is 0 Å². The van der Waals surface area contributed by atoms with E-state index in [2.05, 4.69) is 5.32 Å². The summed E-state index contributed by atoms with van der Waals surface area (Å²) in [5, 5.41) is 3.20. The topological polar surface area (TPSA) is 102 Å². The molecule has 0 fully saturated rings. The van der Waals surface area contributed by atoms with Crippen molar-refractivity contribution < 1.29 is 28.7 Å². The predicted molar refractivity (Wildman–Crippen MR) is 118 cm³/mol. The quantitative estimate of drug-likeness (QED) is 0.351. The SMILES string of the molecule is COCCCN1C(=O)c2ccc(C(=O)O[C@@H](C)C(=O)Nc3cc(Cl)ccc3Cl)cc2C1=O. The second-order valence-corrected chi connectivity index (χ2v) is 7.87. The first kappa shape index (κ1) is 23.7. The van der Waals surface area contributed by atoms with Crippen molar-refractivity contribution in [3.05, 3.63) is 63.1 Å². The molecule has 3 amide bonds. The Hall–Kier alpha value is -2.94. The fraction of sp³-hybridized carbons (Fsp3) is 0.273.